The lowest BCUT2D eigenvalue weighted by atomic mass is 9.88. The molecule has 0 unspecified atom stereocenters. The van der Waals surface area contributed by atoms with Crippen molar-refractivity contribution in [3.8, 4) is 0 Å². The minimum Gasteiger partial charge on any atom is -0.376 e. The normalized spacial score (nSPS) is 23.0. The number of aromatic nitrogens is 3. The molecule has 1 aliphatic carbocycles. The zero-order valence-electron chi connectivity index (χ0n) is 13.7. The number of nitrogens with zero attached hydrogens (tertiary/aromatic N) is 3. The first-order valence-electron chi connectivity index (χ1n) is 8.07. The number of nitrogens with one attached hydrogen (secondary N) is 2. The molecule has 1 heterocycles. The smallest absolute Gasteiger partial charge is 0.315 e. The molecule has 1 aliphatic rings. The molecule has 1 saturated carbocycles. The molecule has 2 rings (SSSR count). The van der Waals surface area contributed by atoms with Gasteiger partial charge in [0.1, 0.15) is 6.33 Å². The molecule has 0 spiro atoms. The summed E-state index contributed by atoms with van der Waals surface area (Å²) in [7, 11) is 1.85. The molecule has 0 aliphatic heterocycles. The average Bonchev–Trinajstić information content (AvgIpc) is 2.91. The molecular weight excluding hydrogens is 282 g/mol. The summed E-state index contributed by atoms with van der Waals surface area (Å²) in [6.45, 7) is 5.19. The van der Waals surface area contributed by atoms with Crippen molar-refractivity contribution in [1.82, 2.24) is 25.4 Å². The molecule has 2 N–H and O–H groups in total. The van der Waals surface area contributed by atoms with Crippen LogP contribution in [0.4, 0.5) is 4.79 Å². The Morgan fingerprint density at radius 2 is 2.27 bits per heavy atom. The topological polar surface area (TPSA) is 81.1 Å². The minimum absolute atomic E-state index is 0.188. The Bertz CT molecular complexity index is 476. The Balaban J connectivity index is 1.62. The van der Waals surface area contributed by atoms with Crippen molar-refractivity contribution in [2.75, 3.05) is 13.2 Å². The lowest BCUT2D eigenvalue weighted by Gasteiger charge is -2.28. The van der Waals surface area contributed by atoms with E-state index in [0.29, 0.717) is 25.2 Å². The van der Waals surface area contributed by atoms with E-state index in [2.05, 4.69) is 27.8 Å². The fourth-order valence-electron chi connectivity index (χ4n) is 2.90. The van der Waals surface area contributed by atoms with E-state index in [9.17, 15) is 4.79 Å². The number of hydrogen-bond donors (Lipinski definition) is 2. The van der Waals surface area contributed by atoms with E-state index in [1.807, 2.05) is 14.0 Å². The Kier molecular flexibility index (Phi) is 6.18. The van der Waals surface area contributed by atoms with E-state index in [0.717, 1.165) is 12.2 Å². The Hall–Kier alpha value is -1.63. The third-order valence-corrected chi connectivity index (χ3v) is 4.23. The fourth-order valence-corrected chi connectivity index (χ4v) is 2.90. The van der Waals surface area contributed by atoms with Crippen LogP contribution < -0.4 is 10.6 Å². The summed E-state index contributed by atoms with van der Waals surface area (Å²) in [5, 5.41) is 13.4. The van der Waals surface area contributed by atoms with Gasteiger partial charge in [0.15, 0.2) is 5.82 Å². The molecule has 7 nitrogen and oxygen atoms in total. The zero-order valence-corrected chi connectivity index (χ0v) is 13.7. The molecule has 1 aromatic heterocycles. The van der Waals surface area contributed by atoms with Crippen molar-refractivity contribution >= 4 is 6.03 Å². The minimum atomic E-state index is -0.212. The van der Waals surface area contributed by atoms with Gasteiger partial charge in [0, 0.05) is 13.6 Å². The van der Waals surface area contributed by atoms with Gasteiger partial charge in [0.05, 0.1) is 18.8 Å². The summed E-state index contributed by atoms with van der Waals surface area (Å²) >= 11 is 0. The standard InChI is InChI=1S/C15H27N5O2/c1-11-6-4-5-7-13(11)22-9-8-16-15(21)18-12(2)14-19-17-10-20(14)3/h10-13H,4-9H2,1-3H3,(H2,16,18,21)/t11-,12-,13+/m0/s1. The number of hydrogen-bond acceptors (Lipinski definition) is 4. The number of ether oxygens (including phenoxy) is 1. The first-order valence-corrected chi connectivity index (χ1v) is 8.07. The maximum absolute atomic E-state index is 11.8. The van der Waals surface area contributed by atoms with Gasteiger partial charge in [-0.25, -0.2) is 4.79 Å². The lowest BCUT2D eigenvalue weighted by molar-refractivity contribution is -0.00244. The second-order valence-corrected chi connectivity index (χ2v) is 6.09. The number of carbonyl (C=O) groups excluding carboxylic acids is 1. The fraction of sp³-hybridized carbons (Fsp3) is 0.800. The van der Waals surface area contributed by atoms with E-state index in [1.165, 1.54) is 19.3 Å². The Morgan fingerprint density at radius 3 is 2.95 bits per heavy atom. The third-order valence-electron chi connectivity index (χ3n) is 4.23. The first kappa shape index (κ1) is 16.7. The van der Waals surface area contributed by atoms with Crippen LogP contribution in [0.2, 0.25) is 0 Å². The number of aryl methyl sites for hydroxylation is 1. The number of rotatable bonds is 6. The lowest BCUT2D eigenvalue weighted by Crippen LogP contribution is -2.40. The van der Waals surface area contributed by atoms with E-state index in [-0.39, 0.29) is 12.1 Å². The van der Waals surface area contributed by atoms with Crippen molar-refractivity contribution in [2.24, 2.45) is 13.0 Å². The summed E-state index contributed by atoms with van der Waals surface area (Å²) in [4.78, 5) is 11.8. The third kappa shape index (κ3) is 4.69. The van der Waals surface area contributed by atoms with Gasteiger partial charge in [-0.2, -0.15) is 0 Å². The quantitative estimate of drug-likeness (QED) is 0.785. The van der Waals surface area contributed by atoms with Gasteiger partial charge in [-0.05, 0) is 25.7 Å². The number of amides is 2. The monoisotopic (exact) mass is 309 g/mol. The van der Waals surface area contributed by atoms with Crippen molar-refractivity contribution in [3.63, 3.8) is 0 Å². The van der Waals surface area contributed by atoms with Crippen LogP contribution in [0, 0.1) is 5.92 Å². The average molecular weight is 309 g/mol. The molecule has 124 valence electrons. The number of carbonyl (C=O) groups is 1. The van der Waals surface area contributed by atoms with Crippen molar-refractivity contribution in [1.29, 1.82) is 0 Å². The van der Waals surface area contributed by atoms with Gasteiger partial charge < -0.3 is 19.9 Å². The van der Waals surface area contributed by atoms with Crippen molar-refractivity contribution in [2.45, 2.75) is 51.7 Å². The largest absolute Gasteiger partial charge is 0.376 e. The summed E-state index contributed by atoms with van der Waals surface area (Å²) in [5.41, 5.74) is 0. The molecule has 0 saturated heterocycles. The predicted molar refractivity (Wildman–Crippen MR) is 83.3 cm³/mol. The van der Waals surface area contributed by atoms with Gasteiger partial charge in [0.25, 0.3) is 0 Å². The van der Waals surface area contributed by atoms with E-state index in [4.69, 9.17) is 4.74 Å². The summed E-state index contributed by atoms with van der Waals surface area (Å²) < 4.78 is 7.66. The van der Waals surface area contributed by atoms with Gasteiger partial charge in [-0.1, -0.05) is 19.8 Å². The highest BCUT2D eigenvalue weighted by molar-refractivity contribution is 5.74. The second kappa shape index (κ2) is 8.12. The highest BCUT2D eigenvalue weighted by Crippen LogP contribution is 2.25. The molecule has 0 bridgehead atoms. The van der Waals surface area contributed by atoms with Gasteiger partial charge >= 0.3 is 6.03 Å². The molecule has 1 aromatic rings. The highest BCUT2D eigenvalue weighted by Gasteiger charge is 2.21. The molecule has 0 radical (unpaired) electrons. The van der Waals surface area contributed by atoms with E-state index >= 15 is 0 Å². The molecule has 22 heavy (non-hydrogen) atoms. The van der Waals surface area contributed by atoms with Crippen LogP contribution in [0.25, 0.3) is 0 Å². The molecule has 0 aromatic carbocycles. The van der Waals surface area contributed by atoms with Crippen LogP contribution in [0.1, 0.15) is 51.4 Å². The van der Waals surface area contributed by atoms with Gasteiger partial charge in [-0.3, -0.25) is 0 Å². The number of urea groups is 1. The summed E-state index contributed by atoms with van der Waals surface area (Å²) in [5.74, 6) is 1.35. The SMILES string of the molecule is C[C@H](NC(=O)NCCO[C@@H]1CCCC[C@@H]1C)c1nncn1C. The Morgan fingerprint density at radius 1 is 1.50 bits per heavy atom. The molecule has 1 fully saturated rings. The van der Waals surface area contributed by atoms with Crippen molar-refractivity contribution < 1.29 is 9.53 Å². The van der Waals surface area contributed by atoms with Crippen LogP contribution in [-0.4, -0.2) is 40.1 Å². The van der Waals surface area contributed by atoms with Crippen LogP contribution in [0.15, 0.2) is 6.33 Å². The summed E-state index contributed by atoms with van der Waals surface area (Å²) in [6, 6.07) is -0.400. The van der Waals surface area contributed by atoms with Gasteiger partial charge in [0.2, 0.25) is 0 Å². The van der Waals surface area contributed by atoms with Crippen LogP contribution in [0.5, 0.6) is 0 Å². The predicted octanol–water partition coefficient (Wildman–Crippen LogP) is 1.77. The van der Waals surface area contributed by atoms with Crippen LogP contribution in [-0.2, 0) is 11.8 Å². The maximum atomic E-state index is 11.8. The van der Waals surface area contributed by atoms with E-state index < -0.39 is 0 Å². The van der Waals surface area contributed by atoms with Crippen LogP contribution in [0.3, 0.4) is 0 Å². The molecule has 2 amide bonds. The molecule has 7 heteroatoms. The molecular formula is C15H27N5O2. The van der Waals surface area contributed by atoms with E-state index in [1.54, 1.807) is 10.9 Å². The van der Waals surface area contributed by atoms with Gasteiger partial charge in [-0.15, -0.1) is 10.2 Å². The summed E-state index contributed by atoms with van der Waals surface area (Å²) in [6.07, 6.45) is 6.89. The maximum Gasteiger partial charge on any atom is 0.315 e. The Labute approximate surface area is 131 Å². The van der Waals surface area contributed by atoms with Crippen molar-refractivity contribution in [3.05, 3.63) is 12.2 Å². The second-order valence-electron chi connectivity index (χ2n) is 6.09. The van der Waals surface area contributed by atoms with Crippen LogP contribution >= 0.6 is 0 Å². The zero-order chi connectivity index (χ0) is 15.9. The first-order chi connectivity index (χ1) is 10.6. The highest BCUT2D eigenvalue weighted by atomic mass is 16.5. The molecule has 3 atom stereocenters.